The average molecular weight is 256 g/mol. The van der Waals surface area contributed by atoms with Crippen molar-refractivity contribution in [1.29, 1.82) is 0 Å². The molecule has 0 saturated carbocycles. The molecule has 1 aromatic carbocycles. The van der Waals surface area contributed by atoms with Crippen molar-refractivity contribution in [2.75, 3.05) is 11.9 Å². The number of nitrogens with one attached hydrogen (secondary N) is 2. The topological polar surface area (TPSA) is 98.7 Å². The third-order valence-electron chi connectivity index (χ3n) is 2.16. The summed E-state index contributed by atoms with van der Waals surface area (Å²) in [5.41, 5.74) is 0.623. The molecular weight excluding hydrogens is 243 g/mol. The third kappa shape index (κ3) is 3.70. The smallest absolute Gasteiger partial charge is 0.328 e. The van der Waals surface area contributed by atoms with Gasteiger partial charge >= 0.3 is 12.0 Å². The standard InChI is InChI=1S/C11H13FN2O4/c1-6-2-3-8(7(12)4-6)13-11(18)14-9(5-15)10(16)17/h2-4,9,15H,5H2,1H3,(H,16,17)(H2,13,14,18)/t9-/m1/s1. The van der Waals surface area contributed by atoms with Gasteiger partial charge in [-0.1, -0.05) is 6.07 Å². The Morgan fingerprint density at radius 3 is 2.61 bits per heavy atom. The monoisotopic (exact) mass is 256 g/mol. The molecule has 0 bridgehead atoms. The fraction of sp³-hybridized carbons (Fsp3) is 0.273. The number of carbonyl (C=O) groups excluding carboxylic acids is 1. The normalized spacial score (nSPS) is 11.7. The first-order valence-electron chi connectivity index (χ1n) is 5.11. The van der Waals surface area contributed by atoms with Gasteiger partial charge in [-0.25, -0.2) is 14.0 Å². The van der Waals surface area contributed by atoms with E-state index in [2.05, 4.69) is 5.32 Å². The molecule has 0 fully saturated rings. The van der Waals surface area contributed by atoms with E-state index in [4.69, 9.17) is 10.2 Å². The Balaban J connectivity index is 2.67. The summed E-state index contributed by atoms with van der Waals surface area (Å²) in [4.78, 5) is 21.9. The van der Waals surface area contributed by atoms with Crippen LogP contribution in [0.1, 0.15) is 5.56 Å². The molecule has 18 heavy (non-hydrogen) atoms. The molecule has 0 aliphatic heterocycles. The maximum atomic E-state index is 13.4. The Kier molecular flexibility index (Phi) is 4.61. The van der Waals surface area contributed by atoms with Crippen LogP contribution in [0, 0.1) is 12.7 Å². The van der Waals surface area contributed by atoms with Gasteiger partial charge in [0.15, 0.2) is 6.04 Å². The molecule has 0 spiro atoms. The van der Waals surface area contributed by atoms with Crippen LogP contribution in [0.3, 0.4) is 0 Å². The number of carboxylic acids is 1. The van der Waals surface area contributed by atoms with E-state index in [0.717, 1.165) is 0 Å². The van der Waals surface area contributed by atoms with Crippen LogP contribution in [0.25, 0.3) is 0 Å². The second-order valence-electron chi connectivity index (χ2n) is 3.66. The molecule has 0 saturated heterocycles. The minimum Gasteiger partial charge on any atom is -0.480 e. The van der Waals surface area contributed by atoms with Crippen molar-refractivity contribution < 1.29 is 24.2 Å². The first-order chi connectivity index (χ1) is 8.43. The highest BCUT2D eigenvalue weighted by molar-refractivity contribution is 5.92. The zero-order chi connectivity index (χ0) is 13.7. The van der Waals surface area contributed by atoms with Crippen LogP contribution in [-0.2, 0) is 4.79 Å². The molecule has 4 N–H and O–H groups in total. The quantitative estimate of drug-likeness (QED) is 0.637. The van der Waals surface area contributed by atoms with Gasteiger partial charge in [0, 0.05) is 0 Å². The molecule has 1 atom stereocenters. The lowest BCUT2D eigenvalue weighted by atomic mass is 10.2. The molecule has 0 aliphatic rings. The summed E-state index contributed by atoms with van der Waals surface area (Å²) in [5, 5.41) is 21.5. The molecule has 0 radical (unpaired) electrons. The second kappa shape index (κ2) is 5.97. The summed E-state index contributed by atoms with van der Waals surface area (Å²) in [6, 6.07) is 1.85. The fourth-order valence-electron chi connectivity index (χ4n) is 1.22. The van der Waals surface area contributed by atoms with E-state index in [1.807, 2.05) is 5.32 Å². The number of aliphatic carboxylic acids is 1. The van der Waals surface area contributed by atoms with Crippen molar-refractivity contribution in [2.45, 2.75) is 13.0 Å². The van der Waals surface area contributed by atoms with Crippen molar-refractivity contribution in [3.8, 4) is 0 Å². The lowest BCUT2D eigenvalue weighted by Gasteiger charge is -2.13. The Bertz CT molecular complexity index is 464. The minimum absolute atomic E-state index is 0.0693. The molecule has 0 heterocycles. The summed E-state index contributed by atoms with van der Waals surface area (Å²) in [7, 11) is 0. The highest BCUT2D eigenvalue weighted by Crippen LogP contribution is 2.14. The maximum absolute atomic E-state index is 13.4. The lowest BCUT2D eigenvalue weighted by Crippen LogP contribution is -2.45. The highest BCUT2D eigenvalue weighted by Gasteiger charge is 2.19. The Morgan fingerprint density at radius 2 is 2.11 bits per heavy atom. The molecule has 1 aromatic rings. The van der Waals surface area contributed by atoms with E-state index < -0.39 is 30.5 Å². The minimum atomic E-state index is -1.43. The lowest BCUT2D eigenvalue weighted by molar-refractivity contribution is -0.140. The van der Waals surface area contributed by atoms with Crippen LogP contribution in [-0.4, -0.2) is 34.9 Å². The van der Waals surface area contributed by atoms with Crippen molar-refractivity contribution in [3.63, 3.8) is 0 Å². The fourth-order valence-corrected chi connectivity index (χ4v) is 1.22. The zero-order valence-electron chi connectivity index (χ0n) is 9.61. The van der Waals surface area contributed by atoms with Crippen LogP contribution in [0.4, 0.5) is 14.9 Å². The first-order valence-corrected chi connectivity index (χ1v) is 5.11. The van der Waals surface area contributed by atoms with Crippen LogP contribution < -0.4 is 10.6 Å². The van der Waals surface area contributed by atoms with Crippen LogP contribution >= 0.6 is 0 Å². The summed E-state index contributed by atoms with van der Waals surface area (Å²) in [6.45, 7) is 0.943. The Labute approximate surface area is 102 Å². The number of carbonyl (C=O) groups is 2. The number of urea groups is 1. The SMILES string of the molecule is Cc1ccc(NC(=O)N[C@H](CO)C(=O)O)c(F)c1. The van der Waals surface area contributed by atoms with E-state index in [1.54, 1.807) is 13.0 Å². The summed E-state index contributed by atoms with van der Waals surface area (Å²) >= 11 is 0. The second-order valence-corrected chi connectivity index (χ2v) is 3.66. The molecule has 7 heteroatoms. The van der Waals surface area contributed by atoms with Gasteiger partial charge in [-0.3, -0.25) is 0 Å². The van der Waals surface area contributed by atoms with E-state index in [9.17, 15) is 14.0 Å². The first kappa shape index (κ1) is 13.9. The number of carboxylic acid groups (broad SMARTS) is 1. The number of aliphatic hydroxyl groups excluding tert-OH is 1. The predicted octanol–water partition coefficient (Wildman–Crippen LogP) is 0.701. The summed E-state index contributed by atoms with van der Waals surface area (Å²) in [6.07, 6.45) is 0. The summed E-state index contributed by atoms with van der Waals surface area (Å²) in [5.74, 6) is -2.00. The van der Waals surface area contributed by atoms with Gasteiger partial charge in [-0.2, -0.15) is 0 Å². The Morgan fingerprint density at radius 1 is 1.44 bits per heavy atom. The number of benzene rings is 1. The molecule has 1 rings (SSSR count). The molecule has 0 aliphatic carbocycles. The average Bonchev–Trinajstić information content (AvgIpc) is 2.29. The molecule has 2 amide bonds. The van der Waals surface area contributed by atoms with Crippen molar-refractivity contribution in [3.05, 3.63) is 29.6 Å². The highest BCUT2D eigenvalue weighted by atomic mass is 19.1. The van der Waals surface area contributed by atoms with Gasteiger partial charge in [0.25, 0.3) is 0 Å². The number of aryl methyl sites for hydroxylation is 1. The van der Waals surface area contributed by atoms with Crippen molar-refractivity contribution >= 4 is 17.7 Å². The van der Waals surface area contributed by atoms with Gasteiger partial charge in [-0.15, -0.1) is 0 Å². The molecule has 6 nitrogen and oxygen atoms in total. The van der Waals surface area contributed by atoms with E-state index in [-0.39, 0.29) is 5.69 Å². The number of hydrogen-bond acceptors (Lipinski definition) is 3. The largest absolute Gasteiger partial charge is 0.480 e. The van der Waals surface area contributed by atoms with Gasteiger partial charge in [0.1, 0.15) is 5.82 Å². The number of aliphatic hydroxyl groups is 1. The number of hydrogen-bond donors (Lipinski definition) is 4. The number of rotatable bonds is 4. The maximum Gasteiger partial charge on any atom is 0.328 e. The zero-order valence-corrected chi connectivity index (χ0v) is 9.61. The summed E-state index contributed by atoms with van der Waals surface area (Å²) < 4.78 is 13.4. The van der Waals surface area contributed by atoms with Crippen LogP contribution in [0.15, 0.2) is 18.2 Å². The van der Waals surface area contributed by atoms with Gasteiger partial charge < -0.3 is 20.8 Å². The number of anilines is 1. The van der Waals surface area contributed by atoms with Crippen LogP contribution in [0.5, 0.6) is 0 Å². The molecular formula is C11H13FN2O4. The molecule has 0 aromatic heterocycles. The van der Waals surface area contributed by atoms with E-state index in [1.165, 1.54) is 12.1 Å². The van der Waals surface area contributed by atoms with Crippen molar-refractivity contribution in [2.24, 2.45) is 0 Å². The van der Waals surface area contributed by atoms with Crippen molar-refractivity contribution in [1.82, 2.24) is 5.32 Å². The van der Waals surface area contributed by atoms with Gasteiger partial charge in [-0.05, 0) is 24.6 Å². The van der Waals surface area contributed by atoms with Crippen LogP contribution in [0.2, 0.25) is 0 Å². The number of amides is 2. The van der Waals surface area contributed by atoms with E-state index in [0.29, 0.717) is 5.56 Å². The molecule has 0 unspecified atom stereocenters. The van der Waals surface area contributed by atoms with Gasteiger partial charge in [0.05, 0.1) is 12.3 Å². The third-order valence-corrected chi connectivity index (χ3v) is 2.16. The Hall–Kier alpha value is -2.15. The van der Waals surface area contributed by atoms with E-state index >= 15 is 0 Å². The number of halogens is 1. The molecule has 98 valence electrons. The van der Waals surface area contributed by atoms with Gasteiger partial charge in [0.2, 0.25) is 0 Å². The predicted molar refractivity (Wildman–Crippen MR) is 61.8 cm³/mol.